The van der Waals surface area contributed by atoms with Gasteiger partial charge in [-0.1, -0.05) is 12.8 Å². The van der Waals surface area contributed by atoms with Crippen molar-refractivity contribution in [1.82, 2.24) is 4.57 Å². The van der Waals surface area contributed by atoms with Gasteiger partial charge in [-0.25, -0.2) is 0 Å². The molecule has 0 radical (unpaired) electrons. The molecule has 0 atom stereocenters. The van der Waals surface area contributed by atoms with E-state index in [9.17, 15) is 0 Å². The Morgan fingerprint density at radius 1 is 1.21 bits per heavy atom. The molecular weight excluding hydrogens is 234 g/mol. The Balaban J connectivity index is 1.82. The first-order valence-electron chi connectivity index (χ1n) is 7.48. The highest BCUT2D eigenvalue weighted by Crippen LogP contribution is 2.29. The van der Waals surface area contributed by atoms with Crippen LogP contribution in [0.3, 0.4) is 0 Å². The molecule has 102 valence electrons. The molecule has 0 saturated heterocycles. The zero-order valence-corrected chi connectivity index (χ0v) is 11.9. The molecule has 1 aliphatic rings. The van der Waals surface area contributed by atoms with Crippen molar-refractivity contribution in [1.29, 1.82) is 0 Å². The SMILES string of the molecule is CC(C)Oc1ccc2c(ccn2CC2CCCC2)c1. The molecule has 1 aliphatic carbocycles. The molecule has 19 heavy (non-hydrogen) atoms. The number of hydrogen-bond acceptors (Lipinski definition) is 1. The van der Waals surface area contributed by atoms with Crippen molar-refractivity contribution < 1.29 is 4.74 Å². The van der Waals surface area contributed by atoms with Gasteiger partial charge in [0.25, 0.3) is 0 Å². The molecule has 1 aromatic heterocycles. The number of nitrogens with zero attached hydrogens (tertiary/aromatic N) is 1. The van der Waals surface area contributed by atoms with Crippen molar-refractivity contribution in [3.8, 4) is 5.75 Å². The largest absolute Gasteiger partial charge is 0.491 e. The Morgan fingerprint density at radius 2 is 2.00 bits per heavy atom. The minimum absolute atomic E-state index is 0.234. The Kier molecular flexibility index (Phi) is 3.50. The predicted molar refractivity (Wildman–Crippen MR) is 79.7 cm³/mol. The van der Waals surface area contributed by atoms with Crippen molar-refractivity contribution >= 4 is 10.9 Å². The molecule has 0 aliphatic heterocycles. The van der Waals surface area contributed by atoms with Gasteiger partial charge in [-0.15, -0.1) is 0 Å². The summed E-state index contributed by atoms with van der Waals surface area (Å²) in [5.41, 5.74) is 1.34. The Labute approximate surface area is 115 Å². The van der Waals surface area contributed by atoms with Crippen LogP contribution in [0.4, 0.5) is 0 Å². The summed E-state index contributed by atoms with van der Waals surface area (Å²) >= 11 is 0. The molecule has 2 nitrogen and oxygen atoms in total. The fourth-order valence-electron chi connectivity index (χ4n) is 3.15. The second-order valence-electron chi connectivity index (χ2n) is 6.01. The molecular formula is C17H23NO. The normalized spacial score (nSPS) is 16.6. The highest BCUT2D eigenvalue weighted by Gasteiger charge is 2.16. The van der Waals surface area contributed by atoms with Gasteiger partial charge in [-0.3, -0.25) is 0 Å². The first kappa shape index (κ1) is 12.6. The number of hydrogen-bond donors (Lipinski definition) is 0. The van der Waals surface area contributed by atoms with Gasteiger partial charge in [0.05, 0.1) is 6.10 Å². The Morgan fingerprint density at radius 3 is 2.74 bits per heavy atom. The van der Waals surface area contributed by atoms with E-state index in [-0.39, 0.29) is 6.10 Å². The molecule has 0 unspecified atom stereocenters. The third-order valence-corrected chi connectivity index (χ3v) is 4.04. The molecule has 2 aromatic rings. The predicted octanol–water partition coefficient (Wildman–Crippen LogP) is 4.62. The van der Waals surface area contributed by atoms with Crippen LogP contribution in [0.15, 0.2) is 30.5 Å². The molecule has 0 spiro atoms. The van der Waals surface area contributed by atoms with E-state index >= 15 is 0 Å². The lowest BCUT2D eigenvalue weighted by Gasteiger charge is -2.13. The van der Waals surface area contributed by atoms with Crippen molar-refractivity contribution in [3.63, 3.8) is 0 Å². The summed E-state index contributed by atoms with van der Waals surface area (Å²) in [7, 11) is 0. The smallest absolute Gasteiger partial charge is 0.120 e. The maximum absolute atomic E-state index is 5.76. The highest BCUT2D eigenvalue weighted by atomic mass is 16.5. The second kappa shape index (κ2) is 5.28. The van der Waals surface area contributed by atoms with E-state index in [1.54, 1.807) is 0 Å². The average molecular weight is 257 g/mol. The van der Waals surface area contributed by atoms with E-state index in [4.69, 9.17) is 4.74 Å². The number of rotatable bonds is 4. The minimum Gasteiger partial charge on any atom is -0.491 e. The summed E-state index contributed by atoms with van der Waals surface area (Å²) in [6.45, 7) is 5.30. The Bertz CT molecular complexity index is 549. The van der Waals surface area contributed by atoms with Crippen LogP contribution in [0, 0.1) is 5.92 Å². The lowest BCUT2D eigenvalue weighted by Crippen LogP contribution is -2.06. The summed E-state index contributed by atoms with van der Waals surface area (Å²) in [5, 5.41) is 1.29. The van der Waals surface area contributed by atoms with Gasteiger partial charge < -0.3 is 9.30 Å². The van der Waals surface area contributed by atoms with E-state index < -0.39 is 0 Å². The fraction of sp³-hybridized carbons (Fsp3) is 0.529. The van der Waals surface area contributed by atoms with E-state index in [1.165, 1.54) is 43.1 Å². The van der Waals surface area contributed by atoms with Crippen LogP contribution in [0.1, 0.15) is 39.5 Å². The number of benzene rings is 1. The molecule has 2 heteroatoms. The molecule has 1 saturated carbocycles. The van der Waals surface area contributed by atoms with E-state index in [0.29, 0.717) is 0 Å². The second-order valence-corrected chi connectivity index (χ2v) is 6.01. The maximum Gasteiger partial charge on any atom is 0.120 e. The Hall–Kier alpha value is -1.44. The van der Waals surface area contributed by atoms with Gasteiger partial charge in [-0.2, -0.15) is 0 Å². The van der Waals surface area contributed by atoms with Crippen LogP contribution < -0.4 is 4.74 Å². The minimum atomic E-state index is 0.234. The maximum atomic E-state index is 5.76. The molecule has 1 heterocycles. The lowest BCUT2D eigenvalue weighted by molar-refractivity contribution is 0.243. The van der Waals surface area contributed by atoms with Gasteiger partial charge in [0.1, 0.15) is 5.75 Å². The summed E-state index contributed by atoms with van der Waals surface area (Å²) in [4.78, 5) is 0. The first-order chi connectivity index (χ1) is 9.22. The zero-order chi connectivity index (χ0) is 13.2. The fourth-order valence-corrected chi connectivity index (χ4v) is 3.15. The van der Waals surface area contributed by atoms with Crippen LogP contribution >= 0.6 is 0 Å². The van der Waals surface area contributed by atoms with Crippen LogP contribution in [0.25, 0.3) is 10.9 Å². The molecule has 0 bridgehead atoms. The molecule has 1 aromatic carbocycles. The number of fused-ring (bicyclic) bond motifs is 1. The van der Waals surface area contributed by atoms with Crippen LogP contribution in [0.2, 0.25) is 0 Å². The third-order valence-electron chi connectivity index (χ3n) is 4.04. The monoisotopic (exact) mass is 257 g/mol. The lowest BCUT2D eigenvalue weighted by atomic mass is 10.1. The standard InChI is InChI=1S/C17H23NO/c1-13(2)19-16-7-8-17-15(11-16)9-10-18(17)12-14-5-3-4-6-14/h7-11,13-14H,3-6,12H2,1-2H3. The zero-order valence-electron chi connectivity index (χ0n) is 11.9. The number of ether oxygens (including phenoxy) is 1. The molecule has 0 amide bonds. The quantitative estimate of drug-likeness (QED) is 0.779. The van der Waals surface area contributed by atoms with Gasteiger partial charge in [0, 0.05) is 23.6 Å². The van der Waals surface area contributed by atoms with Crippen molar-refractivity contribution in [2.24, 2.45) is 5.92 Å². The van der Waals surface area contributed by atoms with Gasteiger partial charge in [0.2, 0.25) is 0 Å². The highest BCUT2D eigenvalue weighted by molar-refractivity contribution is 5.81. The number of aromatic nitrogens is 1. The van der Waals surface area contributed by atoms with Gasteiger partial charge in [-0.05, 0) is 56.9 Å². The summed E-state index contributed by atoms with van der Waals surface area (Å²) in [6.07, 6.45) is 8.08. The van der Waals surface area contributed by atoms with Crippen LogP contribution in [-0.4, -0.2) is 10.7 Å². The molecule has 3 rings (SSSR count). The van der Waals surface area contributed by atoms with Crippen LogP contribution in [0.5, 0.6) is 5.75 Å². The first-order valence-corrected chi connectivity index (χ1v) is 7.48. The van der Waals surface area contributed by atoms with Gasteiger partial charge >= 0.3 is 0 Å². The van der Waals surface area contributed by atoms with Crippen LogP contribution in [-0.2, 0) is 6.54 Å². The summed E-state index contributed by atoms with van der Waals surface area (Å²) in [6, 6.07) is 8.65. The van der Waals surface area contributed by atoms with E-state index in [0.717, 1.165) is 11.7 Å². The van der Waals surface area contributed by atoms with Crippen molar-refractivity contribution in [2.75, 3.05) is 0 Å². The van der Waals surface area contributed by atoms with E-state index in [2.05, 4.69) is 48.9 Å². The average Bonchev–Trinajstić information content (AvgIpc) is 2.99. The van der Waals surface area contributed by atoms with Gasteiger partial charge in [0.15, 0.2) is 0 Å². The van der Waals surface area contributed by atoms with E-state index in [1.807, 2.05) is 0 Å². The van der Waals surface area contributed by atoms with Crippen molar-refractivity contribution in [3.05, 3.63) is 30.5 Å². The molecule has 0 N–H and O–H groups in total. The third kappa shape index (κ3) is 2.78. The summed E-state index contributed by atoms with van der Waals surface area (Å²) in [5.74, 6) is 1.85. The summed E-state index contributed by atoms with van der Waals surface area (Å²) < 4.78 is 8.16. The molecule has 1 fully saturated rings. The van der Waals surface area contributed by atoms with Crippen molar-refractivity contribution in [2.45, 2.75) is 52.2 Å². The topological polar surface area (TPSA) is 14.2 Å².